The minimum absolute atomic E-state index is 0.158. The van der Waals surface area contributed by atoms with Gasteiger partial charge in [-0.3, -0.25) is 4.79 Å². The molecule has 0 bridgehead atoms. The molecule has 0 aliphatic carbocycles. The van der Waals surface area contributed by atoms with E-state index < -0.39 is 0 Å². The zero-order valence-corrected chi connectivity index (χ0v) is 15.9. The number of thiazole rings is 1. The van der Waals surface area contributed by atoms with Gasteiger partial charge in [-0.05, 0) is 48.9 Å². The second kappa shape index (κ2) is 8.06. The third-order valence-corrected chi connectivity index (χ3v) is 4.89. The molecule has 0 saturated heterocycles. The third kappa shape index (κ3) is 4.10. The van der Waals surface area contributed by atoms with Crippen LogP contribution in [-0.4, -0.2) is 23.7 Å². The van der Waals surface area contributed by atoms with Crippen molar-refractivity contribution < 1.29 is 13.9 Å². The van der Waals surface area contributed by atoms with Crippen LogP contribution in [-0.2, 0) is 4.79 Å². The zero-order valence-electron chi connectivity index (χ0n) is 15.1. The van der Waals surface area contributed by atoms with Crippen molar-refractivity contribution in [3.8, 4) is 5.75 Å². The normalized spacial score (nSPS) is 11.2. The zero-order chi connectivity index (χ0) is 19.3. The Balaban J connectivity index is 1.61. The number of rotatable bonds is 6. The molecule has 2 aromatic heterocycles. The van der Waals surface area contributed by atoms with Gasteiger partial charge in [0, 0.05) is 0 Å². The molecule has 2 heterocycles. The third-order valence-electron chi connectivity index (χ3n) is 3.90. The summed E-state index contributed by atoms with van der Waals surface area (Å²) in [6.45, 7) is 1.86. The van der Waals surface area contributed by atoms with Crippen LogP contribution in [0.15, 0.2) is 76.4 Å². The highest BCUT2D eigenvalue weighted by Gasteiger charge is 2.20. The highest BCUT2D eigenvalue weighted by atomic mass is 32.1. The molecule has 0 aliphatic rings. The van der Waals surface area contributed by atoms with E-state index in [0.717, 1.165) is 15.8 Å². The van der Waals surface area contributed by atoms with Crippen LogP contribution in [0.1, 0.15) is 11.3 Å². The molecule has 0 fully saturated rings. The average Bonchev–Trinajstić information content (AvgIpc) is 3.37. The van der Waals surface area contributed by atoms with Crippen LogP contribution in [0.4, 0.5) is 5.13 Å². The quantitative estimate of drug-likeness (QED) is 0.355. The first-order chi connectivity index (χ1) is 13.7. The maximum Gasteiger partial charge on any atom is 0.287 e. The lowest BCUT2D eigenvalue weighted by Crippen LogP contribution is -2.30. The number of aryl methyl sites for hydroxylation is 1. The highest BCUT2D eigenvalue weighted by Crippen LogP contribution is 2.30. The number of furan rings is 1. The number of benzene rings is 2. The van der Waals surface area contributed by atoms with Gasteiger partial charge in [0.15, 0.2) is 6.61 Å². The van der Waals surface area contributed by atoms with Crippen LogP contribution in [0.25, 0.3) is 10.2 Å². The molecule has 0 atom stereocenters. The van der Waals surface area contributed by atoms with E-state index in [4.69, 9.17) is 9.15 Å². The molecule has 6 nitrogen and oxygen atoms in total. The fourth-order valence-electron chi connectivity index (χ4n) is 2.53. The van der Waals surface area contributed by atoms with Gasteiger partial charge in [0.1, 0.15) is 11.5 Å². The molecule has 7 heteroatoms. The molecule has 0 unspecified atom stereocenters. The SMILES string of the molecule is Cc1ccc2nc(N(/N=C/c3ccco3)C(=O)COc3ccccc3)sc2c1. The number of para-hydroxylation sites is 1. The number of hydrogen-bond donors (Lipinski definition) is 0. The summed E-state index contributed by atoms with van der Waals surface area (Å²) in [5, 5.41) is 6.03. The molecule has 1 amide bonds. The molecular weight excluding hydrogens is 374 g/mol. The number of hydrogen-bond acceptors (Lipinski definition) is 6. The summed E-state index contributed by atoms with van der Waals surface area (Å²) in [6.07, 6.45) is 3.03. The van der Waals surface area contributed by atoms with Crippen molar-refractivity contribution in [2.45, 2.75) is 6.92 Å². The van der Waals surface area contributed by atoms with Crippen molar-refractivity contribution in [2.75, 3.05) is 11.6 Å². The van der Waals surface area contributed by atoms with Crippen LogP contribution in [0.2, 0.25) is 0 Å². The number of nitrogens with zero attached hydrogens (tertiary/aromatic N) is 3. The Labute approximate surface area is 165 Å². The number of anilines is 1. The molecule has 2 aromatic carbocycles. The highest BCUT2D eigenvalue weighted by molar-refractivity contribution is 7.22. The van der Waals surface area contributed by atoms with Crippen LogP contribution < -0.4 is 9.75 Å². The Kier molecular flexibility index (Phi) is 5.16. The first-order valence-electron chi connectivity index (χ1n) is 8.64. The number of amides is 1. The van der Waals surface area contributed by atoms with E-state index in [-0.39, 0.29) is 12.5 Å². The van der Waals surface area contributed by atoms with Gasteiger partial charge in [-0.25, -0.2) is 4.98 Å². The average molecular weight is 391 g/mol. The van der Waals surface area contributed by atoms with Gasteiger partial charge in [-0.15, -0.1) is 0 Å². The maximum atomic E-state index is 12.8. The Morgan fingerprint density at radius 1 is 1.21 bits per heavy atom. The lowest BCUT2D eigenvalue weighted by atomic mass is 10.2. The number of aromatic nitrogens is 1. The minimum Gasteiger partial charge on any atom is -0.484 e. The number of carbonyl (C=O) groups excluding carboxylic acids is 1. The fourth-order valence-corrected chi connectivity index (χ4v) is 3.57. The first-order valence-corrected chi connectivity index (χ1v) is 9.46. The van der Waals surface area contributed by atoms with E-state index in [9.17, 15) is 4.79 Å². The molecule has 0 N–H and O–H groups in total. The van der Waals surface area contributed by atoms with E-state index >= 15 is 0 Å². The molecule has 4 aromatic rings. The number of ether oxygens (including phenoxy) is 1. The van der Waals surface area contributed by atoms with Crippen molar-refractivity contribution in [3.63, 3.8) is 0 Å². The molecule has 140 valence electrons. The predicted molar refractivity (Wildman–Crippen MR) is 110 cm³/mol. The van der Waals surface area contributed by atoms with Crippen molar-refractivity contribution in [1.82, 2.24) is 4.98 Å². The van der Waals surface area contributed by atoms with Crippen molar-refractivity contribution >= 4 is 38.8 Å². The Morgan fingerprint density at radius 3 is 2.86 bits per heavy atom. The number of hydrazone groups is 1. The van der Waals surface area contributed by atoms with E-state index in [0.29, 0.717) is 16.6 Å². The van der Waals surface area contributed by atoms with Gasteiger partial charge < -0.3 is 9.15 Å². The van der Waals surface area contributed by atoms with E-state index in [1.807, 2.05) is 43.3 Å². The summed E-state index contributed by atoms with van der Waals surface area (Å²) in [5.74, 6) is 0.826. The van der Waals surface area contributed by atoms with Crippen LogP contribution >= 0.6 is 11.3 Å². The monoisotopic (exact) mass is 391 g/mol. The second-order valence-electron chi connectivity index (χ2n) is 6.03. The standard InChI is InChI=1S/C21H17N3O3S/c1-15-9-10-18-19(12-15)28-21(23-18)24(22-13-17-8-5-11-26-17)20(25)14-27-16-6-3-2-4-7-16/h2-13H,14H2,1H3/b22-13+. The summed E-state index contributed by atoms with van der Waals surface area (Å²) in [6, 6.07) is 18.7. The molecule has 0 saturated carbocycles. The molecule has 0 aliphatic heterocycles. The number of fused-ring (bicyclic) bond motifs is 1. The van der Waals surface area contributed by atoms with Gasteiger partial charge in [-0.2, -0.15) is 10.1 Å². The van der Waals surface area contributed by atoms with E-state index in [2.05, 4.69) is 10.1 Å². The topological polar surface area (TPSA) is 67.9 Å². The maximum absolute atomic E-state index is 12.8. The van der Waals surface area contributed by atoms with Gasteiger partial charge >= 0.3 is 0 Å². The van der Waals surface area contributed by atoms with Crippen LogP contribution in [0.3, 0.4) is 0 Å². The summed E-state index contributed by atoms with van der Waals surface area (Å²) in [4.78, 5) is 17.4. The van der Waals surface area contributed by atoms with Crippen LogP contribution in [0, 0.1) is 6.92 Å². The van der Waals surface area contributed by atoms with Crippen LogP contribution in [0.5, 0.6) is 5.75 Å². The fraction of sp³-hybridized carbons (Fsp3) is 0.0952. The molecule has 0 spiro atoms. The van der Waals surface area contributed by atoms with Crippen molar-refractivity contribution in [3.05, 3.63) is 78.3 Å². The Bertz CT molecular complexity index is 1100. The molecular formula is C21H17N3O3S. The molecule has 28 heavy (non-hydrogen) atoms. The van der Waals surface area contributed by atoms with E-state index in [1.54, 1.807) is 30.5 Å². The van der Waals surface area contributed by atoms with Crippen molar-refractivity contribution in [1.29, 1.82) is 0 Å². The first kappa shape index (κ1) is 17.9. The summed E-state index contributed by atoms with van der Waals surface area (Å²) < 4.78 is 11.8. The largest absolute Gasteiger partial charge is 0.484 e. The molecule has 0 radical (unpaired) electrons. The summed E-state index contributed by atoms with van der Waals surface area (Å²) in [7, 11) is 0. The van der Waals surface area contributed by atoms with Gasteiger partial charge in [0.2, 0.25) is 5.13 Å². The van der Waals surface area contributed by atoms with Gasteiger partial charge in [0.05, 0.1) is 22.7 Å². The van der Waals surface area contributed by atoms with Crippen molar-refractivity contribution in [2.24, 2.45) is 5.10 Å². The minimum atomic E-state index is -0.331. The van der Waals surface area contributed by atoms with E-state index in [1.165, 1.54) is 22.6 Å². The number of carbonyl (C=O) groups is 1. The molecule has 4 rings (SSSR count). The smallest absolute Gasteiger partial charge is 0.287 e. The van der Waals surface area contributed by atoms with Gasteiger partial charge in [0.25, 0.3) is 5.91 Å². The Morgan fingerprint density at radius 2 is 2.07 bits per heavy atom. The second-order valence-corrected chi connectivity index (χ2v) is 7.04. The predicted octanol–water partition coefficient (Wildman–Crippen LogP) is 4.64. The summed E-state index contributed by atoms with van der Waals surface area (Å²) in [5.41, 5.74) is 1.95. The lowest BCUT2D eigenvalue weighted by Gasteiger charge is -2.14. The summed E-state index contributed by atoms with van der Waals surface area (Å²) >= 11 is 1.40. The lowest BCUT2D eigenvalue weighted by molar-refractivity contribution is -0.120. The Hall–Kier alpha value is -3.45. The van der Waals surface area contributed by atoms with Gasteiger partial charge in [-0.1, -0.05) is 35.6 Å².